The number of rotatable bonds is 4. The van der Waals surface area contributed by atoms with Crippen LogP contribution in [0.3, 0.4) is 0 Å². The zero-order chi connectivity index (χ0) is 20.4. The summed E-state index contributed by atoms with van der Waals surface area (Å²) >= 11 is 0. The third kappa shape index (κ3) is 3.72. The van der Waals surface area contributed by atoms with E-state index in [9.17, 15) is 9.59 Å². The lowest BCUT2D eigenvalue weighted by Gasteiger charge is -2.31. The maximum atomic E-state index is 13.1. The smallest absolute Gasteiger partial charge is 0.309 e. The topological polar surface area (TPSA) is 76.8 Å². The molecule has 0 unspecified atom stereocenters. The number of esters is 1. The Morgan fingerprint density at radius 3 is 2.59 bits per heavy atom. The molecule has 1 aliphatic rings. The molecule has 3 heterocycles. The maximum Gasteiger partial charge on any atom is 0.309 e. The number of carbonyl (C=O) groups is 2. The van der Waals surface area contributed by atoms with Crippen molar-refractivity contribution in [2.45, 2.75) is 26.7 Å². The van der Waals surface area contributed by atoms with Crippen molar-refractivity contribution in [3.05, 3.63) is 53.9 Å². The first-order valence-electron chi connectivity index (χ1n) is 9.95. The Kier molecular flexibility index (Phi) is 5.29. The van der Waals surface area contributed by atoms with Crippen LogP contribution in [0.25, 0.3) is 16.9 Å². The van der Waals surface area contributed by atoms with E-state index in [2.05, 4.69) is 10.1 Å². The molecule has 0 aliphatic carbocycles. The largest absolute Gasteiger partial charge is 0.466 e. The van der Waals surface area contributed by atoms with Crippen molar-refractivity contribution in [2.75, 3.05) is 19.7 Å². The predicted octanol–water partition coefficient (Wildman–Crippen LogP) is 3.12. The number of amides is 1. The lowest BCUT2D eigenvalue weighted by molar-refractivity contribution is -0.149. The van der Waals surface area contributed by atoms with Gasteiger partial charge in [0.15, 0.2) is 5.65 Å². The Morgan fingerprint density at radius 1 is 1.17 bits per heavy atom. The van der Waals surface area contributed by atoms with Crippen molar-refractivity contribution in [3.8, 4) is 11.3 Å². The molecule has 3 aromatic rings. The number of likely N-dealkylation sites (tertiary alicyclic amines) is 1. The van der Waals surface area contributed by atoms with Gasteiger partial charge in [-0.1, -0.05) is 30.3 Å². The molecule has 1 fully saturated rings. The fourth-order valence-electron chi connectivity index (χ4n) is 3.76. The summed E-state index contributed by atoms with van der Waals surface area (Å²) in [4.78, 5) is 31.2. The Hall–Kier alpha value is -3.22. The second-order valence-electron chi connectivity index (χ2n) is 7.24. The van der Waals surface area contributed by atoms with Gasteiger partial charge in [0.25, 0.3) is 5.91 Å². The van der Waals surface area contributed by atoms with Crippen LogP contribution in [0, 0.1) is 12.8 Å². The molecule has 7 heteroatoms. The van der Waals surface area contributed by atoms with Crippen LogP contribution in [0.4, 0.5) is 0 Å². The minimum atomic E-state index is -0.163. The zero-order valence-electron chi connectivity index (χ0n) is 16.7. The third-order valence-corrected chi connectivity index (χ3v) is 5.43. The molecule has 4 rings (SSSR count). The molecule has 7 nitrogen and oxygen atoms in total. The fourth-order valence-corrected chi connectivity index (χ4v) is 3.76. The van der Waals surface area contributed by atoms with Crippen molar-refractivity contribution < 1.29 is 14.3 Å². The summed E-state index contributed by atoms with van der Waals surface area (Å²) in [5.41, 5.74) is 3.83. The number of hydrogen-bond acceptors (Lipinski definition) is 5. The number of piperidine rings is 1. The standard InChI is InChI=1S/C22H24N4O3/c1-3-29-22(28)17-9-11-25(12-10-17)21(27)18-14-23-20-13-19(24-26(20)15(18)2)16-7-5-4-6-8-16/h4-8,13-14,17H,3,9-12H2,1-2H3. The minimum Gasteiger partial charge on any atom is -0.466 e. The molecular weight excluding hydrogens is 368 g/mol. The average Bonchev–Trinajstić information content (AvgIpc) is 3.20. The number of aryl methyl sites for hydroxylation is 1. The van der Waals surface area contributed by atoms with Gasteiger partial charge < -0.3 is 9.64 Å². The van der Waals surface area contributed by atoms with Crippen molar-refractivity contribution in [1.82, 2.24) is 19.5 Å². The highest BCUT2D eigenvalue weighted by atomic mass is 16.5. The second-order valence-corrected chi connectivity index (χ2v) is 7.24. The zero-order valence-corrected chi connectivity index (χ0v) is 16.7. The molecule has 150 valence electrons. The Labute approximate surface area is 169 Å². The van der Waals surface area contributed by atoms with Gasteiger partial charge >= 0.3 is 5.97 Å². The van der Waals surface area contributed by atoms with Crippen LogP contribution < -0.4 is 0 Å². The van der Waals surface area contributed by atoms with Crippen LogP contribution in [0.5, 0.6) is 0 Å². The molecule has 1 aliphatic heterocycles. The summed E-state index contributed by atoms with van der Waals surface area (Å²) in [5, 5.41) is 4.65. The molecule has 1 amide bonds. The van der Waals surface area contributed by atoms with Crippen LogP contribution >= 0.6 is 0 Å². The van der Waals surface area contributed by atoms with E-state index in [-0.39, 0.29) is 17.8 Å². The summed E-state index contributed by atoms with van der Waals surface area (Å²) in [6, 6.07) is 11.8. The van der Waals surface area contributed by atoms with Crippen molar-refractivity contribution in [2.24, 2.45) is 5.92 Å². The summed E-state index contributed by atoms with van der Waals surface area (Å²) in [6.07, 6.45) is 2.87. The highest BCUT2D eigenvalue weighted by molar-refractivity contribution is 5.95. The molecule has 2 aromatic heterocycles. The second kappa shape index (κ2) is 8.03. The Morgan fingerprint density at radius 2 is 1.90 bits per heavy atom. The van der Waals surface area contributed by atoms with E-state index < -0.39 is 0 Å². The van der Waals surface area contributed by atoms with E-state index in [1.54, 1.807) is 22.5 Å². The molecule has 0 N–H and O–H groups in total. The van der Waals surface area contributed by atoms with Gasteiger partial charge in [0.1, 0.15) is 0 Å². The number of nitrogens with zero attached hydrogens (tertiary/aromatic N) is 4. The number of benzene rings is 1. The normalized spacial score (nSPS) is 14.9. The number of hydrogen-bond donors (Lipinski definition) is 0. The third-order valence-electron chi connectivity index (χ3n) is 5.43. The van der Waals surface area contributed by atoms with Crippen LogP contribution in [0.1, 0.15) is 35.8 Å². The van der Waals surface area contributed by atoms with Crippen LogP contribution in [0.2, 0.25) is 0 Å². The summed E-state index contributed by atoms with van der Waals surface area (Å²) in [5.74, 6) is -0.361. The van der Waals surface area contributed by atoms with Gasteiger partial charge in [0.2, 0.25) is 0 Å². The SMILES string of the molecule is CCOC(=O)C1CCN(C(=O)c2cnc3cc(-c4ccccc4)nn3c2C)CC1. The molecule has 1 saturated heterocycles. The number of ether oxygens (including phenoxy) is 1. The van der Waals surface area contributed by atoms with Crippen molar-refractivity contribution >= 4 is 17.5 Å². The summed E-state index contributed by atoms with van der Waals surface area (Å²) in [6.45, 7) is 5.15. The van der Waals surface area contributed by atoms with Crippen LogP contribution in [-0.2, 0) is 9.53 Å². The molecule has 0 spiro atoms. The molecule has 29 heavy (non-hydrogen) atoms. The lowest BCUT2D eigenvalue weighted by Crippen LogP contribution is -2.41. The van der Waals surface area contributed by atoms with E-state index in [1.807, 2.05) is 43.3 Å². The maximum absolute atomic E-state index is 13.1. The van der Waals surface area contributed by atoms with E-state index in [0.717, 1.165) is 17.0 Å². The lowest BCUT2D eigenvalue weighted by atomic mass is 9.96. The van der Waals surface area contributed by atoms with Gasteiger partial charge in [-0.25, -0.2) is 9.50 Å². The molecular formula is C22H24N4O3. The van der Waals surface area contributed by atoms with Crippen molar-refractivity contribution in [3.63, 3.8) is 0 Å². The fraction of sp³-hybridized carbons (Fsp3) is 0.364. The van der Waals surface area contributed by atoms with Gasteiger partial charge in [0, 0.05) is 30.9 Å². The van der Waals surface area contributed by atoms with E-state index in [1.165, 1.54) is 0 Å². The first-order valence-corrected chi connectivity index (χ1v) is 9.95. The summed E-state index contributed by atoms with van der Waals surface area (Å²) < 4.78 is 6.83. The number of aromatic nitrogens is 3. The molecule has 0 saturated carbocycles. The number of carbonyl (C=O) groups excluding carboxylic acids is 2. The van der Waals surface area contributed by atoms with Gasteiger partial charge in [-0.2, -0.15) is 5.10 Å². The minimum absolute atomic E-state index is 0.0732. The van der Waals surface area contributed by atoms with E-state index in [4.69, 9.17) is 4.74 Å². The van der Waals surface area contributed by atoms with Crippen molar-refractivity contribution in [1.29, 1.82) is 0 Å². The quantitative estimate of drug-likeness (QED) is 0.638. The van der Waals surface area contributed by atoms with Gasteiger partial charge in [-0.15, -0.1) is 0 Å². The molecule has 0 atom stereocenters. The average molecular weight is 392 g/mol. The highest BCUT2D eigenvalue weighted by Crippen LogP contribution is 2.23. The predicted molar refractivity (Wildman–Crippen MR) is 108 cm³/mol. The first kappa shape index (κ1) is 19.1. The van der Waals surface area contributed by atoms with Gasteiger partial charge in [0.05, 0.1) is 29.5 Å². The monoisotopic (exact) mass is 392 g/mol. The molecule has 0 bridgehead atoms. The van der Waals surface area contributed by atoms with E-state index in [0.29, 0.717) is 43.7 Å². The van der Waals surface area contributed by atoms with Gasteiger partial charge in [-0.3, -0.25) is 9.59 Å². The highest BCUT2D eigenvalue weighted by Gasteiger charge is 2.29. The number of fused-ring (bicyclic) bond motifs is 1. The Bertz CT molecular complexity index is 1040. The van der Waals surface area contributed by atoms with Crippen LogP contribution in [0.15, 0.2) is 42.6 Å². The Balaban J connectivity index is 1.54. The first-order chi connectivity index (χ1) is 14.1. The van der Waals surface area contributed by atoms with Gasteiger partial charge in [-0.05, 0) is 26.7 Å². The molecule has 1 aromatic carbocycles. The molecule has 0 radical (unpaired) electrons. The van der Waals surface area contributed by atoms with E-state index >= 15 is 0 Å². The van der Waals surface area contributed by atoms with Crippen LogP contribution in [-0.4, -0.2) is 51.1 Å². The summed E-state index contributed by atoms with van der Waals surface area (Å²) in [7, 11) is 0.